The average molecular weight is 574 g/mol. The number of hydrogen-bond donors (Lipinski definition) is 0. The van der Waals surface area contributed by atoms with Gasteiger partial charge < -0.3 is 13.9 Å². The Morgan fingerprint density at radius 3 is 2.69 bits per heavy atom. The summed E-state index contributed by atoms with van der Waals surface area (Å²) in [5, 5.41) is 3.88. The highest BCUT2D eigenvalue weighted by Gasteiger charge is 2.23. The smallest absolute Gasteiger partial charge is 0.190 e. The molecule has 6 nitrogen and oxygen atoms in total. The van der Waals surface area contributed by atoms with Crippen LogP contribution in [-0.2, 0) is 18.0 Å². The minimum Gasteiger partial charge on any atom is -0.361 e. The number of rotatable bonds is 8. The number of likely N-dealkylation sites (tertiary alicyclic amines) is 1. The zero-order valence-electron chi connectivity index (χ0n) is 20.7. The molecule has 0 saturated carbocycles. The number of hydrogen-bond acceptors (Lipinski definition) is 5. The van der Waals surface area contributed by atoms with Gasteiger partial charge in [0.1, 0.15) is 12.4 Å². The molecule has 186 valence electrons. The molecule has 4 aromatic rings. The van der Waals surface area contributed by atoms with Crippen molar-refractivity contribution in [1.82, 2.24) is 19.0 Å². The van der Waals surface area contributed by atoms with Gasteiger partial charge in [-0.2, -0.15) is 0 Å². The van der Waals surface area contributed by atoms with E-state index in [0.717, 1.165) is 66.1 Å². The quantitative estimate of drug-likeness (QED) is 0.183. The van der Waals surface area contributed by atoms with Crippen molar-refractivity contribution in [3.05, 3.63) is 61.7 Å². The van der Waals surface area contributed by atoms with E-state index in [1.165, 1.54) is 4.88 Å². The van der Waals surface area contributed by atoms with E-state index in [2.05, 4.69) is 72.1 Å². The first kappa shape index (κ1) is 24.9. The van der Waals surface area contributed by atoms with Gasteiger partial charge in [0.15, 0.2) is 5.43 Å². The molecule has 4 aromatic heterocycles. The van der Waals surface area contributed by atoms with E-state index in [4.69, 9.17) is 4.74 Å². The van der Waals surface area contributed by atoms with Crippen molar-refractivity contribution in [2.24, 2.45) is 0 Å². The minimum atomic E-state index is -1.12. The van der Waals surface area contributed by atoms with Crippen LogP contribution in [0.15, 0.2) is 51.4 Å². The van der Waals surface area contributed by atoms with Gasteiger partial charge in [-0.05, 0) is 46.9 Å². The lowest BCUT2D eigenvalue weighted by Crippen LogP contribution is -2.34. The Hall–Kier alpha value is -1.78. The topological polar surface area (TPSA) is 52.3 Å². The Labute approximate surface area is 219 Å². The number of ether oxygens (including phenoxy) is 1. The van der Waals surface area contributed by atoms with Crippen LogP contribution in [0, 0.1) is 0 Å². The summed E-state index contributed by atoms with van der Waals surface area (Å²) in [6.07, 6.45) is 7.90. The molecule has 1 aliphatic rings. The van der Waals surface area contributed by atoms with Crippen LogP contribution in [0.4, 0.5) is 0 Å². The first-order valence-electron chi connectivity index (χ1n) is 12.3. The third-order valence-electron chi connectivity index (χ3n) is 6.85. The predicted octanol–water partition coefficient (Wildman–Crippen LogP) is 6.32. The number of piperidine rings is 1. The van der Waals surface area contributed by atoms with Crippen LogP contribution in [0.3, 0.4) is 0 Å². The molecular weight excluding hydrogens is 540 g/mol. The fraction of sp³-hybridized carbons (Fsp3) is 0.462. The van der Waals surface area contributed by atoms with Gasteiger partial charge in [0, 0.05) is 85.1 Å². The SMILES string of the molecule is C[Si](C)(C)CCOCn1ccc2c1ncc1c(=O)ccn(C3CCN(Cc4cc(Br)cs4)CC3)c12. The van der Waals surface area contributed by atoms with E-state index >= 15 is 0 Å². The molecule has 0 aliphatic carbocycles. The summed E-state index contributed by atoms with van der Waals surface area (Å²) < 4.78 is 11.5. The van der Waals surface area contributed by atoms with E-state index in [9.17, 15) is 4.79 Å². The molecule has 0 spiro atoms. The summed E-state index contributed by atoms with van der Waals surface area (Å²) in [4.78, 5) is 21.3. The van der Waals surface area contributed by atoms with Gasteiger partial charge in [0.25, 0.3) is 0 Å². The number of thiophene rings is 1. The molecular formula is C26H33BrN4O2SSi. The maximum atomic E-state index is 12.7. The van der Waals surface area contributed by atoms with Crippen LogP contribution < -0.4 is 5.43 Å². The summed E-state index contributed by atoms with van der Waals surface area (Å²) in [5.41, 5.74) is 1.92. The van der Waals surface area contributed by atoms with Crippen molar-refractivity contribution in [1.29, 1.82) is 0 Å². The molecule has 1 aliphatic heterocycles. The summed E-state index contributed by atoms with van der Waals surface area (Å²) in [6, 6.07) is 7.51. The summed E-state index contributed by atoms with van der Waals surface area (Å²) in [6.45, 7) is 11.4. The zero-order valence-corrected chi connectivity index (χ0v) is 24.1. The lowest BCUT2D eigenvalue weighted by Gasteiger charge is -2.33. The molecule has 0 atom stereocenters. The number of fused-ring (bicyclic) bond motifs is 3. The third kappa shape index (κ3) is 5.64. The van der Waals surface area contributed by atoms with E-state index in [-0.39, 0.29) is 5.43 Å². The number of nitrogens with zero attached hydrogens (tertiary/aromatic N) is 4. The summed E-state index contributed by atoms with van der Waals surface area (Å²) in [7, 11) is -1.12. The average Bonchev–Trinajstić information content (AvgIpc) is 3.43. The molecule has 0 amide bonds. The first-order chi connectivity index (χ1) is 16.8. The van der Waals surface area contributed by atoms with Crippen LogP contribution >= 0.6 is 27.3 Å². The van der Waals surface area contributed by atoms with Crippen LogP contribution in [0.1, 0.15) is 23.8 Å². The highest BCUT2D eigenvalue weighted by atomic mass is 79.9. The largest absolute Gasteiger partial charge is 0.361 e. The van der Waals surface area contributed by atoms with Gasteiger partial charge in [0.05, 0.1) is 10.9 Å². The lowest BCUT2D eigenvalue weighted by molar-refractivity contribution is 0.0899. The van der Waals surface area contributed by atoms with E-state index in [1.54, 1.807) is 12.3 Å². The Bertz CT molecular complexity index is 1380. The molecule has 1 fully saturated rings. The Morgan fingerprint density at radius 1 is 1.17 bits per heavy atom. The van der Waals surface area contributed by atoms with E-state index < -0.39 is 8.07 Å². The Balaban J connectivity index is 1.37. The Kier molecular flexibility index (Phi) is 7.32. The van der Waals surface area contributed by atoms with E-state index in [0.29, 0.717) is 18.2 Å². The molecule has 0 radical (unpaired) electrons. The van der Waals surface area contributed by atoms with Gasteiger partial charge in [-0.1, -0.05) is 19.6 Å². The van der Waals surface area contributed by atoms with Gasteiger partial charge in [-0.15, -0.1) is 11.3 Å². The van der Waals surface area contributed by atoms with Crippen molar-refractivity contribution >= 4 is 57.3 Å². The molecule has 0 bridgehead atoms. The second-order valence-corrected chi connectivity index (χ2v) is 18.2. The fourth-order valence-corrected chi connectivity index (χ4v) is 7.11. The Morgan fingerprint density at radius 2 is 1.97 bits per heavy atom. The van der Waals surface area contributed by atoms with E-state index in [1.807, 2.05) is 23.7 Å². The number of pyridine rings is 2. The maximum Gasteiger partial charge on any atom is 0.190 e. The molecule has 5 heterocycles. The molecule has 5 rings (SSSR count). The second-order valence-electron chi connectivity index (χ2n) is 10.7. The molecule has 9 heteroatoms. The predicted molar refractivity (Wildman–Crippen MR) is 151 cm³/mol. The normalized spacial score (nSPS) is 16.0. The standard InChI is InChI=1S/C26H33BrN4O2SSi/c1-35(2,3)13-12-33-18-30-10-6-22-25-23(15-28-26(22)30)24(32)7-11-31(25)20-4-8-29(9-5-20)16-21-14-19(27)17-34-21/h6-7,10-11,14-15,17,20H,4-5,8-9,12-13,16,18H2,1-3H3. The van der Waals surface area contributed by atoms with Crippen molar-refractivity contribution in [3.63, 3.8) is 0 Å². The van der Waals surface area contributed by atoms with Crippen molar-refractivity contribution in [3.8, 4) is 0 Å². The fourth-order valence-electron chi connectivity index (χ4n) is 4.86. The van der Waals surface area contributed by atoms with Crippen LogP contribution in [-0.4, -0.2) is 46.8 Å². The molecule has 1 saturated heterocycles. The number of halogens is 1. The van der Waals surface area contributed by atoms with Crippen LogP contribution in [0.2, 0.25) is 25.7 Å². The van der Waals surface area contributed by atoms with Gasteiger partial charge >= 0.3 is 0 Å². The monoisotopic (exact) mass is 572 g/mol. The van der Waals surface area contributed by atoms with Crippen LogP contribution in [0.25, 0.3) is 21.9 Å². The summed E-state index contributed by atoms with van der Waals surface area (Å²) >= 11 is 5.37. The van der Waals surface area contributed by atoms with Crippen molar-refractivity contribution in [2.45, 2.75) is 57.8 Å². The van der Waals surface area contributed by atoms with Gasteiger partial charge in [0.2, 0.25) is 0 Å². The molecule has 0 unspecified atom stereocenters. The second kappa shape index (κ2) is 10.3. The highest BCUT2D eigenvalue weighted by Crippen LogP contribution is 2.31. The highest BCUT2D eigenvalue weighted by molar-refractivity contribution is 9.10. The number of aromatic nitrogens is 3. The molecule has 0 aromatic carbocycles. The zero-order chi connectivity index (χ0) is 24.6. The van der Waals surface area contributed by atoms with Crippen molar-refractivity contribution in [2.75, 3.05) is 19.7 Å². The molecule has 35 heavy (non-hydrogen) atoms. The third-order valence-corrected chi connectivity index (χ3v) is 10.2. The molecule has 0 N–H and O–H groups in total. The first-order valence-corrected chi connectivity index (χ1v) is 17.7. The van der Waals surface area contributed by atoms with Crippen molar-refractivity contribution < 1.29 is 4.74 Å². The lowest BCUT2D eigenvalue weighted by atomic mass is 10.0. The van der Waals surface area contributed by atoms with Gasteiger partial charge in [-0.25, -0.2) is 4.98 Å². The minimum absolute atomic E-state index is 0.0329. The summed E-state index contributed by atoms with van der Waals surface area (Å²) in [5.74, 6) is 0. The maximum absolute atomic E-state index is 12.7. The van der Waals surface area contributed by atoms with Crippen LogP contribution in [0.5, 0.6) is 0 Å². The van der Waals surface area contributed by atoms with Gasteiger partial charge in [-0.3, -0.25) is 9.69 Å².